The first-order valence-corrected chi connectivity index (χ1v) is 9.14. The molecule has 0 saturated carbocycles. The Balaban J connectivity index is 1.48. The molecule has 10 heteroatoms. The summed E-state index contributed by atoms with van der Waals surface area (Å²) in [5.41, 5.74) is 0.613. The minimum Gasteiger partial charge on any atom is -0.436 e. The summed E-state index contributed by atoms with van der Waals surface area (Å²) in [5, 5.41) is 0. The van der Waals surface area contributed by atoms with Crippen LogP contribution in [0.15, 0.2) is 69.5 Å². The quantitative estimate of drug-likeness (QED) is 0.265. The summed E-state index contributed by atoms with van der Waals surface area (Å²) < 4.78 is 87.7. The first kappa shape index (κ1) is 20.1. The van der Waals surface area contributed by atoms with Crippen molar-refractivity contribution in [2.75, 3.05) is 0 Å². The molecule has 0 aliphatic carbocycles. The van der Waals surface area contributed by atoms with Crippen LogP contribution in [-0.4, -0.2) is 9.97 Å². The van der Waals surface area contributed by atoms with Gasteiger partial charge in [-0.2, -0.15) is 26.3 Å². The third-order valence-electron chi connectivity index (χ3n) is 4.82. The molecular weight excluding hydrogens is 438 g/mol. The van der Waals surface area contributed by atoms with Gasteiger partial charge in [-0.3, -0.25) is 0 Å². The smallest absolute Gasteiger partial charge is 0.416 e. The van der Waals surface area contributed by atoms with E-state index in [1.807, 2.05) is 0 Å². The molecule has 4 nitrogen and oxygen atoms in total. The normalized spacial score (nSPS) is 12.7. The highest BCUT2D eigenvalue weighted by Crippen LogP contribution is 2.34. The van der Waals surface area contributed by atoms with Gasteiger partial charge in [-0.05, 0) is 48.5 Å². The van der Waals surface area contributed by atoms with E-state index < -0.39 is 23.5 Å². The van der Waals surface area contributed by atoms with Crippen LogP contribution in [0.5, 0.6) is 0 Å². The third kappa shape index (κ3) is 3.57. The Kier molecular flexibility index (Phi) is 4.30. The maximum Gasteiger partial charge on any atom is 0.416 e. The van der Waals surface area contributed by atoms with Crippen molar-refractivity contribution in [3.8, 4) is 22.9 Å². The van der Waals surface area contributed by atoms with E-state index in [1.165, 1.54) is 24.3 Å². The maximum atomic E-state index is 12.7. The van der Waals surface area contributed by atoms with Gasteiger partial charge in [-0.25, -0.2) is 9.97 Å². The first-order valence-electron chi connectivity index (χ1n) is 9.14. The number of benzene rings is 3. The molecule has 0 aliphatic heterocycles. The average Bonchev–Trinajstić information content (AvgIpc) is 3.34. The molecule has 0 amide bonds. The zero-order chi connectivity index (χ0) is 22.7. The van der Waals surface area contributed by atoms with Crippen LogP contribution in [0.1, 0.15) is 11.1 Å². The van der Waals surface area contributed by atoms with Crippen molar-refractivity contribution in [2.24, 2.45) is 0 Å². The van der Waals surface area contributed by atoms with E-state index in [2.05, 4.69) is 9.97 Å². The molecule has 0 atom stereocenters. The van der Waals surface area contributed by atoms with Gasteiger partial charge in [0.2, 0.25) is 11.8 Å². The highest BCUT2D eigenvalue weighted by molar-refractivity contribution is 5.91. The van der Waals surface area contributed by atoms with Crippen molar-refractivity contribution in [1.82, 2.24) is 9.97 Å². The molecule has 3 aromatic carbocycles. The van der Waals surface area contributed by atoms with Crippen LogP contribution in [0.3, 0.4) is 0 Å². The highest BCUT2D eigenvalue weighted by Gasteiger charge is 2.31. The highest BCUT2D eigenvalue weighted by atomic mass is 19.4. The fraction of sp³-hybridized carbons (Fsp3) is 0.0909. The summed E-state index contributed by atoms with van der Waals surface area (Å²) in [5.74, 6) is 0.258. The van der Waals surface area contributed by atoms with Gasteiger partial charge in [0.25, 0.3) is 0 Å². The summed E-state index contributed by atoms with van der Waals surface area (Å²) in [4.78, 5) is 8.57. The van der Waals surface area contributed by atoms with Gasteiger partial charge in [0.15, 0.2) is 11.2 Å². The molecule has 0 radical (unpaired) electrons. The van der Waals surface area contributed by atoms with Gasteiger partial charge < -0.3 is 8.83 Å². The van der Waals surface area contributed by atoms with E-state index >= 15 is 0 Å². The van der Waals surface area contributed by atoms with Crippen LogP contribution in [-0.2, 0) is 12.4 Å². The summed E-state index contributed by atoms with van der Waals surface area (Å²) in [6, 6.07) is 11.9. The number of hydrogen-bond acceptors (Lipinski definition) is 4. The van der Waals surface area contributed by atoms with E-state index in [-0.39, 0.29) is 11.8 Å². The molecule has 2 aromatic heterocycles. The van der Waals surface area contributed by atoms with Crippen molar-refractivity contribution >= 4 is 22.2 Å². The molecule has 2 heterocycles. The molecule has 0 fully saturated rings. The average molecular weight is 448 g/mol. The summed E-state index contributed by atoms with van der Waals surface area (Å²) in [6.45, 7) is 0. The lowest BCUT2D eigenvalue weighted by molar-refractivity contribution is -0.138. The number of nitrogens with zero attached hydrogens (tertiary/aromatic N) is 2. The van der Waals surface area contributed by atoms with Gasteiger partial charge in [0.05, 0.1) is 11.1 Å². The fourth-order valence-electron chi connectivity index (χ4n) is 3.20. The predicted octanol–water partition coefficient (Wildman–Crippen LogP) is 7.34. The molecule has 0 N–H and O–H groups in total. The van der Waals surface area contributed by atoms with Crippen LogP contribution in [0, 0.1) is 0 Å². The van der Waals surface area contributed by atoms with Gasteiger partial charge >= 0.3 is 12.4 Å². The second-order valence-corrected chi connectivity index (χ2v) is 6.98. The first-order chi connectivity index (χ1) is 15.1. The monoisotopic (exact) mass is 448 g/mol. The number of fused-ring (bicyclic) bond motifs is 2. The number of rotatable bonds is 2. The summed E-state index contributed by atoms with van der Waals surface area (Å²) in [6.07, 6.45) is -8.89. The van der Waals surface area contributed by atoms with Crippen LogP contribution >= 0.6 is 0 Å². The Morgan fingerprint density at radius 3 is 1.19 bits per heavy atom. The zero-order valence-electron chi connectivity index (χ0n) is 15.8. The maximum absolute atomic E-state index is 12.7. The topological polar surface area (TPSA) is 52.1 Å². The lowest BCUT2D eigenvalue weighted by Gasteiger charge is -2.05. The Morgan fingerprint density at radius 2 is 0.875 bits per heavy atom. The second kappa shape index (κ2) is 6.84. The van der Waals surface area contributed by atoms with Crippen LogP contribution in [0.4, 0.5) is 26.3 Å². The van der Waals surface area contributed by atoms with E-state index in [0.717, 1.165) is 24.3 Å². The van der Waals surface area contributed by atoms with Gasteiger partial charge in [0.1, 0.15) is 11.0 Å². The molecule has 0 bridgehead atoms. The Hall–Kier alpha value is -3.82. The molecule has 0 spiro atoms. The largest absolute Gasteiger partial charge is 0.436 e. The number of alkyl halides is 6. The lowest BCUT2D eigenvalue weighted by atomic mass is 10.1. The molecular formula is C22H10F6N2O2. The summed E-state index contributed by atoms with van der Waals surface area (Å²) >= 11 is 0. The van der Waals surface area contributed by atoms with E-state index in [9.17, 15) is 26.3 Å². The zero-order valence-corrected chi connectivity index (χ0v) is 15.8. The number of oxazole rings is 2. The molecule has 0 aliphatic rings. The Labute approximate surface area is 175 Å². The van der Waals surface area contributed by atoms with Crippen LogP contribution in [0.2, 0.25) is 0 Å². The minimum absolute atomic E-state index is 0.129. The standard InChI is InChI=1S/C22H10F6N2O2/c23-21(24,25)13-5-1-11(2-6-13)19-29-15-9-18-16(10-17(15)31-19)30-20(32-18)12-3-7-14(8-4-12)22(26,27)28/h1-10H. The molecule has 0 unspecified atom stereocenters. The van der Waals surface area contributed by atoms with Crippen molar-refractivity contribution in [1.29, 1.82) is 0 Å². The van der Waals surface area contributed by atoms with Gasteiger partial charge in [-0.15, -0.1) is 0 Å². The van der Waals surface area contributed by atoms with E-state index in [4.69, 9.17) is 8.83 Å². The van der Waals surface area contributed by atoms with Gasteiger partial charge in [0, 0.05) is 23.3 Å². The number of hydrogen-bond donors (Lipinski definition) is 0. The van der Waals surface area contributed by atoms with E-state index in [1.54, 1.807) is 12.1 Å². The Bertz CT molecular complexity index is 1270. The van der Waals surface area contributed by atoms with Crippen molar-refractivity contribution in [2.45, 2.75) is 12.4 Å². The van der Waals surface area contributed by atoms with Gasteiger partial charge in [-0.1, -0.05) is 0 Å². The SMILES string of the molecule is FC(F)(F)c1ccc(-c2nc3cc4oc(-c5ccc(C(F)(F)F)cc5)nc4cc3o2)cc1. The second-order valence-electron chi connectivity index (χ2n) is 6.98. The van der Waals surface area contributed by atoms with E-state index in [0.29, 0.717) is 33.3 Å². The number of halogens is 6. The van der Waals surface area contributed by atoms with Crippen molar-refractivity contribution < 1.29 is 35.2 Å². The lowest BCUT2D eigenvalue weighted by Crippen LogP contribution is -2.03. The molecule has 0 saturated heterocycles. The number of aromatic nitrogens is 2. The van der Waals surface area contributed by atoms with Crippen molar-refractivity contribution in [3.05, 3.63) is 71.8 Å². The third-order valence-corrected chi connectivity index (χ3v) is 4.82. The van der Waals surface area contributed by atoms with Crippen LogP contribution < -0.4 is 0 Å². The minimum atomic E-state index is -4.44. The summed E-state index contributed by atoms with van der Waals surface area (Å²) in [7, 11) is 0. The molecule has 5 aromatic rings. The Morgan fingerprint density at radius 1 is 0.531 bits per heavy atom. The predicted molar refractivity (Wildman–Crippen MR) is 102 cm³/mol. The molecule has 162 valence electrons. The molecule has 5 rings (SSSR count). The fourth-order valence-corrected chi connectivity index (χ4v) is 3.20. The van der Waals surface area contributed by atoms with Crippen LogP contribution in [0.25, 0.3) is 45.1 Å². The molecule has 32 heavy (non-hydrogen) atoms. The van der Waals surface area contributed by atoms with Crippen molar-refractivity contribution in [3.63, 3.8) is 0 Å².